The number of nitrogens with one attached hydrogen (secondary N) is 1. The van der Waals surface area contributed by atoms with Crippen molar-refractivity contribution in [2.45, 2.75) is 58.4 Å². The molecule has 136 valence electrons. The van der Waals surface area contributed by atoms with Gasteiger partial charge in [-0.3, -0.25) is 5.41 Å². The predicted octanol–water partition coefficient (Wildman–Crippen LogP) is 3.96. The van der Waals surface area contributed by atoms with E-state index in [1.165, 1.54) is 44.1 Å². The van der Waals surface area contributed by atoms with Gasteiger partial charge in [-0.25, -0.2) is 0 Å². The number of guanidine groups is 1. The van der Waals surface area contributed by atoms with Crippen LogP contribution in [0.4, 0.5) is 0 Å². The number of nitrogens with zero attached hydrogens (tertiary/aromatic N) is 3. The van der Waals surface area contributed by atoms with Crippen LogP contribution < -0.4 is 5.73 Å². The fourth-order valence-corrected chi connectivity index (χ4v) is 2.65. The molecule has 2 rings (SSSR count). The summed E-state index contributed by atoms with van der Waals surface area (Å²) >= 11 is 0. The summed E-state index contributed by atoms with van der Waals surface area (Å²) in [5.41, 5.74) is 7.70. The summed E-state index contributed by atoms with van der Waals surface area (Å²) in [7, 11) is 1.71. The highest BCUT2D eigenvalue weighted by molar-refractivity contribution is 5.74. The molecule has 1 aromatic heterocycles. The fraction of sp³-hybridized carbons (Fsp3) is 0.526. The third-order valence-corrected chi connectivity index (χ3v) is 4.28. The predicted molar refractivity (Wildman–Crippen MR) is 100 cm³/mol. The zero-order valence-corrected chi connectivity index (χ0v) is 15.3. The van der Waals surface area contributed by atoms with Gasteiger partial charge < -0.3 is 15.2 Å². The third-order valence-electron chi connectivity index (χ3n) is 4.28. The Morgan fingerprint density at radius 2 is 1.80 bits per heavy atom. The average Bonchev–Trinajstić information content (AvgIpc) is 3.07. The smallest absolute Gasteiger partial charge is 0.246 e. The van der Waals surface area contributed by atoms with Gasteiger partial charge in [0.05, 0.1) is 6.54 Å². The zero-order chi connectivity index (χ0) is 18.1. The van der Waals surface area contributed by atoms with Crippen molar-refractivity contribution in [2.24, 2.45) is 5.73 Å². The molecular formula is C19H29N5O. The Morgan fingerprint density at radius 3 is 2.48 bits per heavy atom. The molecule has 6 heteroatoms. The summed E-state index contributed by atoms with van der Waals surface area (Å²) in [6, 6.07) is 8.35. The first-order chi connectivity index (χ1) is 12.1. The van der Waals surface area contributed by atoms with Gasteiger partial charge >= 0.3 is 0 Å². The van der Waals surface area contributed by atoms with Crippen LogP contribution in [0.15, 0.2) is 28.8 Å². The molecule has 0 saturated heterocycles. The summed E-state index contributed by atoms with van der Waals surface area (Å²) in [6.07, 6.45) is 9.01. The molecule has 1 heterocycles. The van der Waals surface area contributed by atoms with E-state index in [1.54, 1.807) is 11.9 Å². The molecule has 0 bridgehead atoms. The van der Waals surface area contributed by atoms with Crippen molar-refractivity contribution in [3.8, 4) is 11.4 Å². The maximum absolute atomic E-state index is 7.36. The lowest BCUT2D eigenvalue weighted by Crippen LogP contribution is -2.32. The van der Waals surface area contributed by atoms with Crippen molar-refractivity contribution in [3.63, 3.8) is 0 Å². The van der Waals surface area contributed by atoms with E-state index in [2.05, 4.69) is 29.2 Å². The summed E-state index contributed by atoms with van der Waals surface area (Å²) < 4.78 is 5.23. The molecule has 6 nitrogen and oxygen atoms in total. The normalized spacial score (nSPS) is 10.8. The molecule has 0 unspecified atom stereocenters. The lowest BCUT2D eigenvalue weighted by atomic mass is 10.0. The van der Waals surface area contributed by atoms with Gasteiger partial charge in [-0.05, 0) is 18.4 Å². The number of hydrogen-bond donors (Lipinski definition) is 2. The Balaban J connectivity index is 1.83. The second-order valence-electron chi connectivity index (χ2n) is 6.47. The van der Waals surface area contributed by atoms with Gasteiger partial charge in [0, 0.05) is 12.6 Å². The first-order valence-electron chi connectivity index (χ1n) is 9.07. The van der Waals surface area contributed by atoms with Crippen molar-refractivity contribution < 1.29 is 4.52 Å². The van der Waals surface area contributed by atoms with Crippen LogP contribution in [0, 0.1) is 5.41 Å². The number of hydrogen-bond acceptors (Lipinski definition) is 4. The van der Waals surface area contributed by atoms with Crippen molar-refractivity contribution >= 4 is 5.96 Å². The summed E-state index contributed by atoms with van der Waals surface area (Å²) in [6.45, 7) is 2.58. The van der Waals surface area contributed by atoms with E-state index in [1.807, 2.05) is 12.1 Å². The van der Waals surface area contributed by atoms with Gasteiger partial charge in [0.25, 0.3) is 0 Å². The second kappa shape index (κ2) is 9.81. The van der Waals surface area contributed by atoms with Crippen LogP contribution in [0.3, 0.4) is 0 Å². The van der Waals surface area contributed by atoms with Crippen LogP contribution >= 0.6 is 0 Å². The fourth-order valence-electron chi connectivity index (χ4n) is 2.65. The molecule has 0 amide bonds. The molecule has 0 spiro atoms. The number of benzene rings is 1. The number of unbranched alkanes of at least 4 members (excludes halogenated alkanes) is 5. The molecule has 0 radical (unpaired) electrons. The van der Waals surface area contributed by atoms with E-state index in [-0.39, 0.29) is 5.96 Å². The van der Waals surface area contributed by atoms with Crippen molar-refractivity contribution in [3.05, 3.63) is 35.7 Å². The second-order valence-corrected chi connectivity index (χ2v) is 6.47. The monoisotopic (exact) mass is 343 g/mol. The van der Waals surface area contributed by atoms with E-state index < -0.39 is 0 Å². The van der Waals surface area contributed by atoms with Crippen molar-refractivity contribution in [1.29, 1.82) is 5.41 Å². The molecule has 0 fully saturated rings. The summed E-state index contributed by atoms with van der Waals surface area (Å²) in [5, 5.41) is 11.4. The Hall–Kier alpha value is -2.37. The van der Waals surface area contributed by atoms with Gasteiger partial charge in [-0.1, -0.05) is 68.4 Å². The maximum Gasteiger partial charge on any atom is 0.246 e. The molecule has 3 N–H and O–H groups in total. The summed E-state index contributed by atoms with van der Waals surface area (Å²) in [4.78, 5) is 5.91. The van der Waals surface area contributed by atoms with Crippen LogP contribution in [-0.2, 0) is 13.0 Å². The number of aryl methyl sites for hydroxylation is 1. The van der Waals surface area contributed by atoms with Crippen molar-refractivity contribution in [2.75, 3.05) is 7.05 Å². The number of rotatable bonds is 10. The van der Waals surface area contributed by atoms with Crippen LogP contribution in [-0.4, -0.2) is 28.0 Å². The number of aromatic nitrogens is 2. The third kappa shape index (κ3) is 6.21. The SMILES string of the molecule is CCCCCCCCc1ccc(-c2noc(CN(C)C(=N)N)n2)cc1. The molecule has 0 aliphatic rings. The standard InChI is InChI=1S/C19H29N5O/c1-3-4-5-6-7-8-9-15-10-12-16(13-11-15)18-22-17(25-23-18)14-24(2)19(20)21/h10-13H,3-9,14H2,1-2H3,(H3,20,21). The van der Waals surface area contributed by atoms with E-state index in [4.69, 9.17) is 15.7 Å². The van der Waals surface area contributed by atoms with E-state index in [0.29, 0.717) is 18.3 Å². The van der Waals surface area contributed by atoms with Crippen LogP contribution in [0.25, 0.3) is 11.4 Å². The van der Waals surface area contributed by atoms with E-state index in [9.17, 15) is 0 Å². The minimum Gasteiger partial charge on any atom is -0.370 e. The highest BCUT2D eigenvalue weighted by Gasteiger charge is 2.11. The molecule has 0 saturated carbocycles. The Bertz CT molecular complexity index is 650. The molecule has 1 aromatic carbocycles. The largest absolute Gasteiger partial charge is 0.370 e. The van der Waals surface area contributed by atoms with Crippen LogP contribution in [0.5, 0.6) is 0 Å². The zero-order valence-electron chi connectivity index (χ0n) is 15.3. The molecular weight excluding hydrogens is 314 g/mol. The van der Waals surface area contributed by atoms with Gasteiger partial charge in [0.2, 0.25) is 11.7 Å². The minimum atomic E-state index is -0.0289. The van der Waals surface area contributed by atoms with E-state index in [0.717, 1.165) is 12.0 Å². The van der Waals surface area contributed by atoms with Crippen molar-refractivity contribution in [1.82, 2.24) is 15.0 Å². The highest BCUT2D eigenvalue weighted by Crippen LogP contribution is 2.18. The lowest BCUT2D eigenvalue weighted by molar-refractivity contribution is 0.333. The Labute approximate surface area is 149 Å². The maximum atomic E-state index is 7.36. The minimum absolute atomic E-state index is 0.0289. The molecule has 0 aliphatic carbocycles. The van der Waals surface area contributed by atoms with Gasteiger partial charge in [0.1, 0.15) is 0 Å². The van der Waals surface area contributed by atoms with E-state index >= 15 is 0 Å². The quantitative estimate of drug-likeness (QED) is 0.387. The molecule has 2 aromatic rings. The van der Waals surface area contributed by atoms with Gasteiger partial charge in [-0.15, -0.1) is 0 Å². The Morgan fingerprint density at radius 1 is 1.12 bits per heavy atom. The Kier molecular flexibility index (Phi) is 7.44. The lowest BCUT2D eigenvalue weighted by Gasteiger charge is -2.12. The van der Waals surface area contributed by atoms with Crippen LogP contribution in [0.1, 0.15) is 56.9 Å². The molecule has 25 heavy (non-hydrogen) atoms. The van der Waals surface area contributed by atoms with Gasteiger partial charge in [-0.2, -0.15) is 4.98 Å². The highest BCUT2D eigenvalue weighted by atomic mass is 16.5. The topological polar surface area (TPSA) is 92.0 Å². The molecule has 0 aliphatic heterocycles. The summed E-state index contributed by atoms with van der Waals surface area (Å²) in [5.74, 6) is 0.987. The van der Waals surface area contributed by atoms with Gasteiger partial charge in [0.15, 0.2) is 5.96 Å². The first-order valence-corrected chi connectivity index (χ1v) is 9.07. The molecule has 0 atom stereocenters. The number of nitrogens with two attached hydrogens (primary N) is 1. The first kappa shape index (κ1) is 19.0. The van der Waals surface area contributed by atoms with Crippen LogP contribution in [0.2, 0.25) is 0 Å². The average molecular weight is 343 g/mol.